The van der Waals surface area contributed by atoms with Gasteiger partial charge in [0.1, 0.15) is 0 Å². The molecule has 0 aliphatic carbocycles. The maximum atomic E-state index is 5.45. The Morgan fingerprint density at radius 2 is 1.72 bits per heavy atom. The molecule has 3 nitrogen and oxygen atoms in total. The molecule has 0 bridgehead atoms. The van der Waals surface area contributed by atoms with Gasteiger partial charge in [-0.25, -0.2) is 0 Å². The molecule has 1 aliphatic heterocycles. The van der Waals surface area contributed by atoms with Gasteiger partial charge in [0.15, 0.2) is 0 Å². The van der Waals surface area contributed by atoms with Gasteiger partial charge in [-0.05, 0) is 67.1 Å². The topological polar surface area (TPSA) is 24.5 Å². The van der Waals surface area contributed by atoms with Gasteiger partial charge >= 0.3 is 0 Å². The van der Waals surface area contributed by atoms with E-state index in [0.29, 0.717) is 0 Å². The Morgan fingerprint density at radius 1 is 1.04 bits per heavy atom. The number of rotatable bonds is 11. The van der Waals surface area contributed by atoms with Crippen LogP contribution in [0.5, 0.6) is 0 Å². The molecule has 0 atom stereocenters. The van der Waals surface area contributed by atoms with E-state index in [4.69, 9.17) is 4.74 Å². The van der Waals surface area contributed by atoms with Crippen molar-refractivity contribution < 1.29 is 4.74 Å². The van der Waals surface area contributed by atoms with E-state index < -0.39 is 0 Å². The van der Waals surface area contributed by atoms with E-state index in [1.165, 1.54) is 43.4 Å². The molecule has 0 radical (unpaired) electrons. The molecular weight excluding hydrogens is 308 g/mol. The summed E-state index contributed by atoms with van der Waals surface area (Å²) in [5, 5.41) is 3.25. The lowest BCUT2D eigenvalue weighted by molar-refractivity contribution is 0.0374. The van der Waals surface area contributed by atoms with Gasteiger partial charge in [-0.2, -0.15) is 0 Å². The largest absolute Gasteiger partial charge is 0.391 e. The minimum absolute atomic E-state index is 0.893. The van der Waals surface area contributed by atoms with Crippen LogP contribution in [0.15, 0.2) is 24.9 Å². The van der Waals surface area contributed by atoms with Crippen molar-refractivity contribution in [2.24, 2.45) is 0 Å². The van der Waals surface area contributed by atoms with E-state index >= 15 is 0 Å². The monoisotopic (exact) mass is 344 g/mol. The third-order valence-corrected chi connectivity index (χ3v) is 5.13. The highest BCUT2D eigenvalue weighted by Crippen LogP contribution is 2.22. The number of nitrogens with zero attached hydrogens (tertiary/aromatic N) is 1. The number of morpholine rings is 1. The van der Waals surface area contributed by atoms with Crippen LogP contribution >= 0.6 is 0 Å². The summed E-state index contributed by atoms with van der Waals surface area (Å²) in [6.45, 7) is 14.4. The van der Waals surface area contributed by atoms with E-state index in [9.17, 15) is 0 Å². The lowest BCUT2D eigenvalue weighted by Crippen LogP contribution is -2.37. The van der Waals surface area contributed by atoms with Crippen molar-refractivity contribution in [1.29, 1.82) is 0 Å². The van der Waals surface area contributed by atoms with Crippen LogP contribution in [0, 0.1) is 0 Å². The number of nitrogens with one attached hydrogen (secondary N) is 1. The Morgan fingerprint density at radius 3 is 2.40 bits per heavy atom. The molecule has 1 aromatic rings. The van der Waals surface area contributed by atoms with Gasteiger partial charge in [0, 0.05) is 19.6 Å². The number of aryl methyl sites for hydroxylation is 3. The Kier molecular flexibility index (Phi) is 9.06. The molecule has 1 saturated heterocycles. The highest BCUT2D eigenvalue weighted by atomic mass is 16.5. The first-order valence-electron chi connectivity index (χ1n) is 10.1. The van der Waals surface area contributed by atoms with Crippen LogP contribution in [-0.4, -0.2) is 44.3 Å². The van der Waals surface area contributed by atoms with E-state index in [2.05, 4.69) is 42.8 Å². The highest BCUT2D eigenvalue weighted by Gasteiger charge is 2.12. The molecule has 1 N–H and O–H groups in total. The van der Waals surface area contributed by atoms with Gasteiger partial charge in [-0.1, -0.05) is 39.0 Å². The molecule has 1 aromatic carbocycles. The Bertz CT molecular complexity index is 521. The molecule has 1 heterocycles. The predicted octanol–water partition coefficient (Wildman–Crippen LogP) is 3.74. The number of benzene rings is 1. The molecule has 3 heteroatoms. The second-order valence-electron chi connectivity index (χ2n) is 6.96. The van der Waals surface area contributed by atoms with E-state index in [1.54, 1.807) is 17.3 Å². The van der Waals surface area contributed by atoms with Crippen molar-refractivity contribution in [1.82, 2.24) is 10.2 Å². The highest BCUT2D eigenvalue weighted by molar-refractivity contribution is 5.39. The van der Waals surface area contributed by atoms with Crippen LogP contribution in [0.25, 0.3) is 0 Å². The summed E-state index contributed by atoms with van der Waals surface area (Å²) < 4.78 is 5.45. The molecule has 0 amide bonds. The fraction of sp³-hybridized carbons (Fsp3) is 0.636. The summed E-state index contributed by atoms with van der Waals surface area (Å²) in [7, 11) is 0. The van der Waals surface area contributed by atoms with E-state index in [-0.39, 0.29) is 0 Å². The van der Waals surface area contributed by atoms with Crippen molar-refractivity contribution in [3.05, 3.63) is 47.2 Å². The minimum Gasteiger partial charge on any atom is -0.391 e. The second-order valence-corrected chi connectivity index (χ2v) is 6.96. The van der Waals surface area contributed by atoms with Crippen molar-refractivity contribution in [3.63, 3.8) is 0 Å². The van der Waals surface area contributed by atoms with Gasteiger partial charge < -0.3 is 10.1 Å². The summed E-state index contributed by atoms with van der Waals surface area (Å²) in [6, 6.07) is 4.98. The van der Waals surface area contributed by atoms with Gasteiger partial charge in [-0.15, -0.1) is 0 Å². The zero-order valence-corrected chi connectivity index (χ0v) is 16.3. The molecule has 0 spiro atoms. The number of hydrogen-bond donors (Lipinski definition) is 1. The molecule has 25 heavy (non-hydrogen) atoms. The second kappa shape index (κ2) is 11.3. The van der Waals surface area contributed by atoms with Crippen molar-refractivity contribution in [2.75, 3.05) is 39.4 Å². The summed E-state index contributed by atoms with van der Waals surface area (Å²) in [5.74, 6) is 0. The summed E-state index contributed by atoms with van der Waals surface area (Å²) >= 11 is 0. The lowest BCUT2D eigenvalue weighted by Gasteiger charge is -2.26. The average Bonchev–Trinajstić information content (AvgIpc) is 2.64. The normalized spacial score (nSPS) is 15.3. The summed E-state index contributed by atoms with van der Waals surface area (Å²) in [6.07, 6.45) is 8.84. The molecule has 0 saturated carbocycles. The first-order valence-corrected chi connectivity index (χ1v) is 10.1. The van der Waals surface area contributed by atoms with Gasteiger partial charge in [0.2, 0.25) is 0 Å². The van der Waals surface area contributed by atoms with Gasteiger partial charge in [0.05, 0.1) is 13.2 Å². The summed E-state index contributed by atoms with van der Waals surface area (Å²) in [4.78, 5) is 2.54. The smallest absolute Gasteiger partial charge is 0.0594 e. The first kappa shape index (κ1) is 20.0. The third-order valence-electron chi connectivity index (χ3n) is 5.13. The maximum absolute atomic E-state index is 5.45. The quantitative estimate of drug-likeness (QED) is 0.619. The number of hydrogen-bond acceptors (Lipinski definition) is 3. The van der Waals surface area contributed by atoms with E-state index in [0.717, 1.165) is 45.7 Å². The third kappa shape index (κ3) is 6.48. The molecule has 1 aliphatic rings. The minimum atomic E-state index is 0.893. The molecule has 1 fully saturated rings. The summed E-state index contributed by atoms with van der Waals surface area (Å²) in [5.41, 5.74) is 6.17. The van der Waals surface area contributed by atoms with Gasteiger partial charge in [-0.3, -0.25) is 4.90 Å². The molecule has 0 aromatic heterocycles. The molecular formula is C22H36N2O. The van der Waals surface area contributed by atoms with Crippen LogP contribution in [0.4, 0.5) is 0 Å². The lowest BCUT2D eigenvalue weighted by atomic mass is 9.91. The van der Waals surface area contributed by atoms with Crippen molar-refractivity contribution in [2.45, 2.75) is 52.4 Å². The zero-order valence-electron chi connectivity index (χ0n) is 16.3. The Balaban J connectivity index is 2.04. The van der Waals surface area contributed by atoms with Gasteiger partial charge in [0.25, 0.3) is 0 Å². The van der Waals surface area contributed by atoms with Crippen LogP contribution < -0.4 is 5.32 Å². The Hall–Kier alpha value is -1.32. The van der Waals surface area contributed by atoms with Crippen LogP contribution in [-0.2, 0) is 30.4 Å². The molecule has 0 unspecified atom stereocenters. The van der Waals surface area contributed by atoms with Crippen LogP contribution in [0.3, 0.4) is 0 Å². The average molecular weight is 345 g/mol. The molecule has 2 rings (SSSR count). The number of ether oxygens (including phenoxy) is 1. The van der Waals surface area contributed by atoms with E-state index in [1.807, 2.05) is 0 Å². The van der Waals surface area contributed by atoms with Crippen molar-refractivity contribution in [3.8, 4) is 0 Å². The predicted molar refractivity (Wildman–Crippen MR) is 107 cm³/mol. The fourth-order valence-corrected chi connectivity index (χ4v) is 3.71. The fourth-order valence-electron chi connectivity index (χ4n) is 3.71. The standard InChI is InChI=1S/C22H36N2O/c1-4-8-20-18-21(9-7-12-24-13-15-25-16-14-24)22(10-11-23-6-3)17-19(20)5-2/h6,17-18,23H,3-5,7-16H2,1-2H3. The first-order chi connectivity index (χ1) is 12.3. The maximum Gasteiger partial charge on any atom is 0.0594 e. The van der Waals surface area contributed by atoms with Crippen LogP contribution in [0.2, 0.25) is 0 Å². The van der Waals surface area contributed by atoms with Crippen molar-refractivity contribution >= 4 is 0 Å². The SMILES string of the molecule is C=CNCCc1cc(CC)c(CCC)cc1CCCN1CCOCC1. The zero-order chi connectivity index (χ0) is 17.9. The molecule has 140 valence electrons. The Labute approximate surface area is 154 Å². The van der Waals surface area contributed by atoms with Crippen LogP contribution in [0.1, 0.15) is 48.9 Å².